The lowest BCUT2D eigenvalue weighted by Gasteiger charge is -2.73. The monoisotopic (exact) mass is 412 g/mol. The van der Waals surface area contributed by atoms with Gasteiger partial charge in [-0.25, -0.2) is 0 Å². The Morgan fingerprint density at radius 3 is 1.97 bits per heavy atom. The Hall–Kier alpha value is -0.330. The molecule has 0 radical (unpaired) electrons. The molecule has 0 aromatic heterocycles. The molecular weight excluding hydrogens is 364 g/mol. The van der Waals surface area contributed by atoms with Gasteiger partial charge in [-0.1, -0.05) is 55.4 Å². The van der Waals surface area contributed by atoms with Crippen molar-refractivity contribution in [2.45, 2.75) is 120 Å². The summed E-state index contributed by atoms with van der Waals surface area (Å²) >= 11 is 0. The van der Waals surface area contributed by atoms with Crippen LogP contribution in [0.1, 0.15) is 120 Å². The maximum absolute atomic E-state index is 12.9. The normalized spacial score (nSPS) is 59.7. The molecule has 170 valence electrons. The highest BCUT2D eigenvalue weighted by Crippen LogP contribution is 2.78. The standard InChI is InChI=1S/C29H48O/c1-19-20(30)17-22-26(19,5)10-9-21-27(22,6)14-16-29(8)23-18-24(2,3)11-12-25(23,4)13-15-28(21,29)7/h19,21-23H,9-18H2,1-8H3. The molecular formula is C29H48O. The van der Waals surface area contributed by atoms with Crippen molar-refractivity contribution in [3.05, 3.63) is 0 Å². The van der Waals surface area contributed by atoms with Crippen LogP contribution in [-0.4, -0.2) is 5.78 Å². The van der Waals surface area contributed by atoms with Gasteiger partial charge in [0, 0.05) is 12.3 Å². The summed E-state index contributed by atoms with van der Waals surface area (Å²) in [7, 11) is 0. The first-order valence-corrected chi connectivity index (χ1v) is 13.2. The van der Waals surface area contributed by atoms with E-state index in [0.29, 0.717) is 38.8 Å². The van der Waals surface area contributed by atoms with Crippen molar-refractivity contribution < 1.29 is 4.79 Å². The highest BCUT2D eigenvalue weighted by atomic mass is 16.1. The smallest absolute Gasteiger partial charge is 0.136 e. The van der Waals surface area contributed by atoms with Crippen LogP contribution in [0.15, 0.2) is 0 Å². The molecule has 5 saturated carbocycles. The number of hydrogen-bond donors (Lipinski definition) is 0. The maximum atomic E-state index is 12.9. The van der Waals surface area contributed by atoms with E-state index in [-0.39, 0.29) is 11.3 Å². The zero-order chi connectivity index (χ0) is 22.0. The summed E-state index contributed by atoms with van der Waals surface area (Å²) in [5, 5.41) is 0. The van der Waals surface area contributed by atoms with Crippen LogP contribution in [0.5, 0.6) is 0 Å². The van der Waals surface area contributed by atoms with E-state index in [1.165, 1.54) is 57.8 Å². The molecule has 30 heavy (non-hydrogen) atoms. The van der Waals surface area contributed by atoms with Crippen molar-refractivity contribution >= 4 is 5.78 Å². The predicted octanol–water partition coefficient (Wildman–Crippen LogP) is 8.07. The first kappa shape index (κ1) is 21.5. The van der Waals surface area contributed by atoms with E-state index in [0.717, 1.165) is 18.3 Å². The third-order valence-electron chi connectivity index (χ3n) is 13.4. The fraction of sp³-hybridized carbons (Fsp3) is 0.966. The van der Waals surface area contributed by atoms with Gasteiger partial charge in [0.2, 0.25) is 0 Å². The zero-order valence-electron chi connectivity index (χ0n) is 21.3. The Labute approximate surface area is 186 Å². The van der Waals surface area contributed by atoms with Gasteiger partial charge in [0.25, 0.3) is 0 Å². The molecule has 0 aromatic carbocycles. The van der Waals surface area contributed by atoms with Gasteiger partial charge in [0.1, 0.15) is 5.78 Å². The van der Waals surface area contributed by atoms with Crippen molar-refractivity contribution in [2.75, 3.05) is 0 Å². The Balaban J connectivity index is 1.56. The van der Waals surface area contributed by atoms with Gasteiger partial charge in [-0.15, -0.1) is 0 Å². The lowest BCUT2D eigenvalue weighted by molar-refractivity contribution is -0.248. The molecule has 0 N–H and O–H groups in total. The van der Waals surface area contributed by atoms with Crippen molar-refractivity contribution in [2.24, 2.45) is 56.2 Å². The predicted molar refractivity (Wildman–Crippen MR) is 125 cm³/mol. The van der Waals surface area contributed by atoms with Gasteiger partial charge < -0.3 is 0 Å². The summed E-state index contributed by atoms with van der Waals surface area (Å²) in [6, 6.07) is 0. The molecule has 5 aliphatic rings. The minimum atomic E-state index is 0.252. The molecule has 0 bridgehead atoms. The number of rotatable bonds is 0. The van der Waals surface area contributed by atoms with E-state index in [1.54, 1.807) is 0 Å². The Morgan fingerprint density at radius 2 is 1.27 bits per heavy atom. The average molecular weight is 413 g/mol. The van der Waals surface area contributed by atoms with Gasteiger partial charge in [-0.05, 0) is 108 Å². The molecule has 1 nitrogen and oxygen atoms in total. The minimum absolute atomic E-state index is 0.252. The Bertz CT molecular complexity index is 766. The number of ketones is 1. The van der Waals surface area contributed by atoms with Crippen LogP contribution in [0.25, 0.3) is 0 Å². The first-order chi connectivity index (χ1) is 13.7. The summed E-state index contributed by atoms with van der Waals surface area (Å²) in [6.07, 6.45) is 13.4. The van der Waals surface area contributed by atoms with E-state index in [2.05, 4.69) is 55.4 Å². The van der Waals surface area contributed by atoms with Crippen LogP contribution >= 0.6 is 0 Å². The van der Waals surface area contributed by atoms with Crippen molar-refractivity contribution in [1.29, 1.82) is 0 Å². The van der Waals surface area contributed by atoms with E-state index in [1.807, 2.05) is 0 Å². The number of hydrogen-bond acceptors (Lipinski definition) is 1. The van der Waals surface area contributed by atoms with Crippen LogP contribution in [0.2, 0.25) is 0 Å². The van der Waals surface area contributed by atoms with E-state index >= 15 is 0 Å². The summed E-state index contributed by atoms with van der Waals surface area (Å²) in [6.45, 7) is 20.5. The fourth-order valence-electron chi connectivity index (χ4n) is 10.9. The summed E-state index contributed by atoms with van der Waals surface area (Å²) in [4.78, 5) is 12.9. The highest BCUT2D eigenvalue weighted by Gasteiger charge is 2.71. The topological polar surface area (TPSA) is 17.1 Å². The largest absolute Gasteiger partial charge is 0.299 e. The maximum Gasteiger partial charge on any atom is 0.136 e. The number of carbonyl (C=O) groups excluding carboxylic acids is 1. The Kier molecular flexibility index (Phi) is 4.28. The van der Waals surface area contributed by atoms with Gasteiger partial charge >= 0.3 is 0 Å². The quantitative estimate of drug-likeness (QED) is 0.393. The number of fused-ring (bicyclic) bond motifs is 7. The highest BCUT2D eigenvalue weighted by molar-refractivity contribution is 5.84. The lowest BCUT2D eigenvalue weighted by Crippen LogP contribution is -2.66. The molecule has 5 aliphatic carbocycles. The molecule has 0 heterocycles. The second kappa shape index (κ2) is 5.96. The van der Waals surface area contributed by atoms with Gasteiger partial charge in [0.05, 0.1) is 0 Å². The average Bonchev–Trinajstić information content (AvgIpc) is 2.90. The third kappa shape index (κ3) is 2.39. The molecule has 0 saturated heterocycles. The molecule has 5 fully saturated rings. The van der Waals surface area contributed by atoms with Gasteiger partial charge in [-0.3, -0.25) is 4.79 Å². The van der Waals surface area contributed by atoms with Gasteiger partial charge in [-0.2, -0.15) is 0 Å². The SMILES string of the molecule is CC1C(=O)CC2C1(C)CCC1C2(C)CCC2(C)C3CC(C)(C)CCC3(C)CCC12C. The van der Waals surface area contributed by atoms with Gasteiger partial charge in [0.15, 0.2) is 0 Å². The fourth-order valence-corrected chi connectivity index (χ4v) is 10.9. The first-order valence-electron chi connectivity index (χ1n) is 13.2. The van der Waals surface area contributed by atoms with Crippen LogP contribution in [0, 0.1) is 56.2 Å². The number of Topliss-reactive ketones (excluding diaryl/α,β-unsaturated/α-hetero) is 1. The molecule has 5 rings (SSSR count). The van der Waals surface area contributed by atoms with Crippen molar-refractivity contribution in [1.82, 2.24) is 0 Å². The summed E-state index contributed by atoms with van der Waals surface area (Å²) < 4.78 is 0. The minimum Gasteiger partial charge on any atom is -0.299 e. The van der Waals surface area contributed by atoms with Crippen LogP contribution < -0.4 is 0 Å². The van der Waals surface area contributed by atoms with Crippen LogP contribution in [0.4, 0.5) is 0 Å². The second-order valence-corrected chi connectivity index (χ2v) is 15.0. The molecule has 1 heteroatoms. The van der Waals surface area contributed by atoms with E-state index < -0.39 is 0 Å². The lowest BCUT2D eigenvalue weighted by atomic mass is 9.31. The third-order valence-corrected chi connectivity index (χ3v) is 13.4. The molecule has 0 spiro atoms. The molecule has 9 unspecified atom stereocenters. The van der Waals surface area contributed by atoms with Crippen LogP contribution in [-0.2, 0) is 4.79 Å². The van der Waals surface area contributed by atoms with E-state index in [9.17, 15) is 4.79 Å². The summed E-state index contributed by atoms with van der Waals surface area (Å²) in [5.41, 5.74) is 2.57. The van der Waals surface area contributed by atoms with E-state index in [4.69, 9.17) is 0 Å². The van der Waals surface area contributed by atoms with Crippen LogP contribution in [0.3, 0.4) is 0 Å². The molecule has 0 aromatic rings. The Morgan fingerprint density at radius 1 is 0.667 bits per heavy atom. The zero-order valence-corrected chi connectivity index (χ0v) is 21.3. The molecule has 9 atom stereocenters. The molecule has 0 aliphatic heterocycles. The van der Waals surface area contributed by atoms with Crippen molar-refractivity contribution in [3.8, 4) is 0 Å². The summed E-state index contributed by atoms with van der Waals surface area (Å²) in [5.74, 6) is 3.12. The molecule has 0 amide bonds. The number of carbonyl (C=O) groups is 1. The second-order valence-electron chi connectivity index (χ2n) is 15.0. The van der Waals surface area contributed by atoms with Crippen molar-refractivity contribution in [3.63, 3.8) is 0 Å².